The predicted octanol–water partition coefficient (Wildman–Crippen LogP) is 1.50. The van der Waals surface area contributed by atoms with E-state index in [1.54, 1.807) is 6.92 Å². The monoisotopic (exact) mass is 135 g/mol. The minimum atomic E-state index is -0.431. The normalized spacial score (nSPS) is 8.50. The third-order valence-corrected chi connectivity index (χ3v) is 1.18. The van der Waals surface area contributed by atoms with Gasteiger partial charge in [-0.1, -0.05) is 12.1 Å². The first-order valence-electron chi connectivity index (χ1n) is 2.74. The Kier molecular flexibility index (Phi) is 1.55. The van der Waals surface area contributed by atoms with Crippen molar-refractivity contribution >= 4 is 5.69 Å². The van der Waals surface area contributed by atoms with Crippen molar-refractivity contribution in [3.8, 4) is 0 Å². The van der Waals surface area contributed by atoms with E-state index >= 15 is 0 Å². The molecule has 0 bridgehead atoms. The van der Waals surface area contributed by atoms with Crippen LogP contribution >= 0.6 is 0 Å². The van der Waals surface area contributed by atoms with Gasteiger partial charge in [-0.05, 0) is 13.0 Å². The van der Waals surface area contributed by atoms with Gasteiger partial charge in [0.25, 0.3) is 5.69 Å². The Morgan fingerprint density at radius 1 is 1.50 bits per heavy atom. The molecule has 0 atom stereocenters. The smallest absolute Gasteiger partial charge is 0.258 e. The van der Waals surface area contributed by atoms with Gasteiger partial charge in [0.2, 0.25) is 0 Å². The molecule has 0 spiro atoms. The number of aryl methyl sites for hydroxylation is 1. The van der Waals surface area contributed by atoms with Gasteiger partial charge in [-0.25, -0.2) is 0 Å². The van der Waals surface area contributed by atoms with Crippen molar-refractivity contribution < 1.29 is 4.92 Å². The van der Waals surface area contributed by atoms with Crippen LogP contribution in [0.25, 0.3) is 0 Å². The standard InChI is InChI=1S/C7H5NO2/c1-6-4-2-3-5-7(6)8(9)10/h4-5H,1H3. The highest BCUT2D eigenvalue weighted by molar-refractivity contribution is 5.35. The number of hydrogen-bond donors (Lipinski definition) is 0. The maximum atomic E-state index is 10.2. The Morgan fingerprint density at radius 3 is 2.50 bits per heavy atom. The van der Waals surface area contributed by atoms with E-state index < -0.39 is 4.92 Å². The van der Waals surface area contributed by atoms with Crippen LogP contribution in [-0.2, 0) is 0 Å². The van der Waals surface area contributed by atoms with Crippen LogP contribution in [0.4, 0.5) is 5.69 Å². The third-order valence-electron chi connectivity index (χ3n) is 1.18. The molecule has 0 aliphatic carbocycles. The van der Waals surface area contributed by atoms with Crippen molar-refractivity contribution in [3.05, 3.63) is 39.9 Å². The van der Waals surface area contributed by atoms with Gasteiger partial charge in [-0.3, -0.25) is 10.1 Å². The second-order valence-corrected chi connectivity index (χ2v) is 1.90. The maximum Gasteiger partial charge on any atom is 0.281 e. The van der Waals surface area contributed by atoms with Crippen molar-refractivity contribution in [2.75, 3.05) is 0 Å². The van der Waals surface area contributed by atoms with Gasteiger partial charge < -0.3 is 0 Å². The molecule has 0 unspecified atom stereocenters. The maximum absolute atomic E-state index is 10.2. The average molecular weight is 135 g/mol. The molecule has 1 aromatic carbocycles. The SMILES string of the molecule is Cc1cc#ccc1[N+](=O)[O-]. The molecular formula is C7H5NO2. The average Bonchev–Trinajstić information content (AvgIpc) is 1.88. The molecule has 1 rings (SSSR count). The molecule has 0 saturated heterocycles. The number of nitrogens with zero attached hydrogens (tertiary/aromatic N) is 1. The Hall–Kier alpha value is -1.56. The summed E-state index contributed by atoms with van der Waals surface area (Å²) in [5, 5.41) is 10.2. The lowest BCUT2D eigenvalue weighted by atomic mass is 10.2. The number of nitro groups is 1. The fraction of sp³-hybridized carbons (Fsp3) is 0.143. The molecule has 0 saturated carbocycles. The summed E-state index contributed by atoms with van der Waals surface area (Å²) < 4.78 is 0. The lowest BCUT2D eigenvalue weighted by Crippen LogP contribution is -1.88. The Morgan fingerprint density at radius 2 is 2.10 bits per heavy atom. The molecular weight excluding hydrogens is 130 g/mol. The molecule has 1 aromatic rings. The molecule has 3 nitrogen and oxygen atoms in total. The first-order valence-corrected chi connectivity index (χ1v) is 2.74. The molecule has 0 N–H and O–H groups in total. The summed E-state index contributed by atoms with van der Waals surface area (Å²) in [6.07, 6.45) is 0. The zero-order valence-electron chi connectivity index (χ0n) is 5.42. The van der Waals surface area contributed by atoms with E-state index in [-0.39, 0.29) is 5.69 Å². The fourth-order valence-electron chi connectivity index (χ4n) is 0.644. The molecule has 0 fully saturated rings. The lowest BCUT2D eigenvalue weighted by molar-refractivity contribution is -0.385. The van der Waals surface area contributed by atoms with Gasteiger partial charge in [0.1, 0.15) is 0 Å². The van der Waals surface area contributed by atoms with Crippen molar-refractivity contribution in [2.24, 2.45) is 0 Å². The van der Waals surface area contributed by atoms with Crippen LogP contribution in [0, 0.1) is 29.2 Å². The second kappa shape index (κ2) is 2.36. The topological polar surface area (TPSA) is 43.1 Å². The highest BCUT2D eigenvalue weighted by Crippen LogP contribution is 2.12. The van der Waals surface area contributed by atoms with Crippen LogP contribution < -0.4 is 0 Å². The van der Waals surface area contributed by atoms with E-state index in [0.717, 1.165) is 0 Å². The summed E-state index contributed by atoms with van der Waals surface area (Å²) in [4.78, 5) is 9.76. The Balaban J connectivity index is 3.15. The van der Waals surface area contributed by atoms with E-state index in [1.807, 2.05) is 0 Å². The summed E-state index contributed by atoms with van der Waals surface area (Å²) >= 11 is 0. The molecule has 0 radical (unpaired) electrons. The van der Waals surface area contributed by atoms with E-state index in [1.165, 1.54) is 12.1 Å². The first-order chi connectivity index (χ1) is 4.72. The zero-order valence-corrected chi connectivity index (χ0v) is 5.42. The molecule has 0 aromatic heterocycles. The zero-order chi connectivity index (χ0) is 7.56. The van der Waals surface area contributed by atoms with Crippen LogP contribution in [0.5, 0.6) is 0 Å². The Bertz CT molecular complexity index is 258. The van der Waals surface area contributed by atoms with Crippen LogP contribution in [0.1, 0.15) is 5.56 Å². The number of hydrogen-bond acceptors (Lipinski definition) is 2. The van der Waals surface area contributed by atoms with Crippen molar-refractivity contribution in [1.29, 1.82) is 0 Å². The second-order valence-electron chi connectivity index (χ2n) is 1.90. The molecule has 0 heterocycles. The summed E-state index contributed by atoms with van der Waals surface area (Å²) in [6.45, 7) is 1.67. The summed E-state index contributed by atoms with van der Waals surface area (Å²) in [5.74, 6) is 0. The number of rotatable bonds is 1. The van der Waals surface area contributed by atoms with E-state index in [0.29, 0.717) is 5.56 Å². The lowest BCUT2D eigenvalue weighted by Gasteiger charge is -1.89. The summed E-state index contributed by atoms with van der Waals surface area (Å²) in [6, 6.07) is 8.00. The molecule has 10 heavy (non-hydrogen) atoms. The molecule has 0 amide bonds. The van der Waals surface area contributed by atoms with Gasteiger partial charge in [-0.15, -0.1) is 0 Å². The van der Waals surface area contributed by atoms with Crippen molar-refractivity contribution in [3.63, 3.8) is 0 Å². The largest absolute Gasteiger partial charge is 0.281 e. The van der Waals surface area contributed by atoms with E-state index in [2.05, 4.69) is 12.1 Å². The van der Waals surface area contributed by atoms with E-state index in [9.17, 15) is 10.1 Å². The summed E-state index contributed by atoms with van der Waals surface area (Å²) in [7, 11) is 0. The third kappa shape index (κ3) is 1.06. The van der Waals surface area contributed by atoms with Crippen LogP contribution in [0.2, 0.25) is 0 Å². The highest BCUT2D eigenvalue weighted by Gasteiger charge is 2.05. The van der Waals surface area contributed by atoms with Crippen LogP contribution in [0.15, 0.2) is 12.1 Å². The molecule has 3 heteroatoms. The van der Waals surface area contributed by atoms with Crippen LogP contribution in [-0.4, -0.2) is 4.92 Å². The van der Waals surface area contributed by atoms with Gasteiger partial charge in [0.05, 0.1) is 11.0 Å². The minimum Gasteiger partial charge on any atom is -0.258 e. The summed E-state index contributed by atoms with van der Waals surface area (Å²) in [5.41, 5.74) is 0.711. The van der Waals surface area contributed by atoms with Gasteiger partial charge >= 0.3 is 0 Å². The predicted molar refractivity (Wildman–Crippen MR) is 35.5 cm³/mol. The van der Waals surface area contributed by atoms with Gasteiger partial charge in [0, 0.05) is 5.56 Å². The highest BCUT2D eigenvalue weighted by atomic mass is 16.6. The van der Waals surface area contributed by atoms with Gasteiger partial charge in [0.15, 0.2) is 0 Å². The van der Waals surface area contributed by atoms with Crippen molar-refractivity contribution in [2.45, 2.75) is 6.92 Å². The van der Waals surface area contributed by atoms with Gasteiger partial charge in [-0.2, -0.15) is 0 Å². The molecule has 0 aliphatic heterocycles. The fourth-order valence-corrected chi connectivity index (χ4v) is 0.644. The first kappa shape index (κ1) is 6.56. The molecule has 0 aliphatic rings. The van der Waals surface area contributed by atoms with Crippen molar-refractivity contribution in [1.82, 2.24) is 0 Å². The van der Waals surface area contributed by atoms with Crippen LogP contribution in [0.3, 0.4) is 0 Å². The quantitative estimate of drug-likeness (QED) is 0.432. The molecule has 50 valence electrons. The van der Waals surface area contributed by atoms with E-state index in [4.69, 9.17) is 0 Å². The minimum absolute atomic E-state index is 0.0961. The Labute approximate surface area is 58.4 Å².